The van der Waals surface area contributed by atoms with Gasteiger partial charge in [-0.3, -0.25) is 9.59 Å². The van der Waals surface area contributed by atoms with E-state index in [1.54, 1.807) is 12.1 Å². The summed E-state index contributed by atoms with van der Waals surface area (Å²) in [5, 5.41) is 5.19. The zero-order valence-corrected chi connectivity index (χ0v) is 13.3. The molecule has 1 aliphatic heterocycles. The van der Waals surface area contributed by atoms with Crippen molar-refractivity contribution in [3.63, 3.8) is 0 Å². The molecule has 7 heteroatoms. The summed E-state index contributed by atoms with van der Waals surface area (Å²) in [6.45, 7) is 3.37. The van der Waals surface area contributed by atoms with E-state index in [-0.39, 0.29) is 5.91 Å². The highest BCUT2D eigenvalue weighted by molar-refractivity contribution is 5.97. The van der Waals surface area contributed by atoms with Gasteiger partial charge >= 0.3 is 5.97 Å². The summed E-state index contributed by atoms with van der Waals surface area (Å²) >= 11 is 0. The second kappa shape index (κ2) is 7.13. The van der Waals surface area contributed by atoms with Crippen molar-refractivity contribution in [2.24, 2.45) is 0 Å². The highest BCUT2D eigenvalue weighted by Gasteiger charge is 2.31. The van der Waals surface area contributed by atoms with Gasteiger partial charge in [-0.2, -0.15) is 0 Å². The Kier molecular flexibility index (Phi) is 5.20. The first-order valence-electron chi connectivity index (χ1n) is 7.36. The van der Waals surface area contributed by atoms with Crippen molar-refractivity contribution in [3.8, 4) is 5.75 Å². The number of carbonyl (C=O) groups excluding carboxylic acids is 3. The van der Waals surface area contributed by atoms with E-state index in [4.69, 9.17) is 9.47 Å². The van der Waals surface area contributed by atoms with Gasteiger partial charge in [-0.15, -0.1) is 0 Å². The zero-order valence-electron chi connectivity index (χ0n) is 13.3. The molecule has 0 aliphatic carbocycles. The van der Waals surface area contributed by atoms with Gasteiger partial charge < -0.3 is 20.1 Å². The highest BCUT2D eigenvalue weighted by atomic mass is 16.5. The molecule has 0 radical (unpaired) electrons. The maximum absolute atomic E-state index is 12.2. The average molecular weight is 320 g/mol. The third-order valence-corrected chi connectivity index (χ3v) is 3.55. The third kappa shape index (κ3) is 4.21. The van der Waals surface area contributed by atoms with Crippen molar-refractivity contribution in [2.75, 3.05) is 12.4 Å². The lowest BCUT2D eigenvalue weighted by atomic mass is 10.2. The summed E-state index contributed by atoms with van der Waals surface area (Å²) in [5.41, 5.74) is 1.47. The predicted molar refractivity (Wildman–Crippen MR) is 83.1 cm³/mol. The van der Waals surface area contributed by atoms with Gasteiger partial charge in [0.2, 0.25) is 5.91 Å². The average Bonchev–Trinajstić information content (AvgIpc) is 2.94. The predicted octanol–water partition coefficient (Wildman–Crippen LogP) is 1.15. The van der Waals surface area contributed by atoms with E-state index in [1.807, 2.05) is 13.0 Å². The molecule has 0 saturated carbocycles. The van der Waals surface area contributed by atoms with E-state index in [0.29, 0.717) is 24.3 Å². The molecule has 2 amide bonds. The fraction of sp³-hybridized carbons (Fsp3) is 0.438. The van der Waals surface area contributed by atoms with Crippen molar-refractivity contribution in [1.82, 2.24) is 5.32 Å². The number of carbonyl (C=O) groups is 3. The van der Waals surface area contributed by atoms with E-state index in [9.17, 15) is 14.4 Å². The molecule has 1 heterocycles. The van der Waals surface area contributed by atoms with Crippen LogP contribution in [0, 0.1) is 6.92 Å². The summed E-state index contributed by atoms with van der Waals surface area (Å²) in [4.78, 5) is 35.2. The minimum absolute atomic E-state index is 0.187. The molecule has 0 unspecified atom stereocenters. The minimum Gasteiger partial charge on any atom is -0.495 e. The molecule has 0 aromatic heterocycles. The Hall–Kier alpha value is -2.57. The molecule has 0 spiro atoms. The van der Waals surface area contributed by atoms with Crippen molar-refractivity contribution >= 4 is 23.5 Å². The number of methoxy groups -OCH3 is 1. The fourth-order valence-corrected chi connectivity index (χ4v) is 2.25. The number of anilines is 1. The fourth-order valence-electron chi connectivity index (χ4n) is 2.25. The molecule has 2 atom stereocenters. The first kappa shape index (κ1) is 16.8. The van der Waals surface area contributed by atoms with Crippen LogP contribution in [0.1, 0.15) is 25.3 Å². The van der Waals surface area contributed by atoms with Crippen molar-refractivity contribution in [3.05, 3.63) is 23.8 Å². The molecule has 1 aliphatic rings. The number of nitrogens with one attached hydrogen (secondary N) is 2. The molecule has 124 valence electrons. The van der Waals surface area contributed by atoms with Crippen LogP contribution in [0.3, 0.4) is 0 Å². The largest absolute Gasteiger partial charge is 0.495 e. The van der Waals surface area contributed by atoms with Crippen LogP contribution in [0.2, 0.25) is 0 Å². The molecule has 1 fully saturated rings. The van der Waals surface area contributed by atoms with Gasteiger partial charge in [-0.1, -0.05) is 6.07 Å². The van der Waals surface area contributed by atoms with Crippen LogP contribution in [0.15, 0.2) is 18.2 Å². The Bertz CT molecular complexity index is 629. The molecule has 1 aromatic carbocycles. The molecule has 23 heavy (non-hydrogen) atoms. The lowest BCUT2D eigenvalue weighted by Gasteiger charge is -2.17. The van der Waals surface area contributed by atoms with E-state index >= 15 is 0 Å². The zero-order chi connectivity index (χ0) is 17.0. The lowest BCUT2D eigenvalue weighted by molar-refractivity contribution is -0.155. The second-order valence-electron chi connectivity index (χ2n) is 5.43. The molecular weight excluding hydrogens is 300 g/mol. The monoisotopic (exact) mass is 320 g/mol. The van der Waals surface area contributed by atoms with Crippen LogP contribution in [-0.2, 0) is 19.1 Å². The number of hydrogen-bond acceptors (Lipinski definition) is 5. The lowest BCUT2D eigenvalue weighted by Crippen LogP contribution is -2.39. The van der Waals surface area contributed by atoms with Crippen LogP contribution in [0.4, 0.5) is 5.69 Å². The van der Waals surface area contributed by atoms with Gasteiger partial charge in [0.15, 0.2) is 6.10 Å². The van der Waals surface area contributed by atoms with Crippen LogP contribution >= 0.6 is 0 Å². The SMILES string of the molecule is COc1ccc(C)cc1NC(=O)[C@H](C)OC(=O)[C@H]1CCC(=O)N1. The van der Waals surface area contributed by atoms with E-state index < -0.39 is 24.0 Å². The molecule has 0 bridgehead atoms. The number of amides is 2. The van der Waals surface area contributed by atoms with Gasteiger partial charge in [0.25, 0.3) is 5.91 Å². The van der Waals surface area contributed by atoms with Gasteiger partial charge in [-0.25, -0.2) is 4.79 Å². The first-order chi connectivity index (χ1) is 10.9. The minimum atomic E-state index is -0.981. The summed E-state index contributed by atoms with van der Waals surface area (Å²) in [5.74, 6) is -0.736. The Morgan fingerprint density at radius 1 is 1.39 bits per heavy atom. The Labute approximate surface area is 134 Å². The molecule has 7 nitrogen and oxygen atoms in total. The van der Waals surface area contributed by atoms with Crippen LogP contribution in [0.25, 0.3) is 0 Å². The maximum Gasteiger partial charge on any atom is 0.329 e. The standard InChI is InChI=1S/C16H20N2O5/c1-9-4-6-13(22-3)12(8-9)18-15(20)10(2)23-16(21)11-5-7-14(19)17-11/h4,6,8,10-11H,5,7H2,1-3H3,(H,17,19)(H,18,20)/t10-,11+/m0/s1. The quantitative estimate of drug-likeness (QED) is 0.794. The van der Waals surface area contributed by atoms with Crippen LogP contribution < -0.4 is 15.4 Å². The van der Waals surface area contributed by atoms with Crippen LogP contribution in [-0.4, -0.2) is 37.0 Å². The first-order valence-corrected chi connectivity index (χ1v) is 7.36. The van der Waals surface area contributed by atoms with Crippen molar-refractivity contribution < 1.29 is 23.9 Å². The summed E-state index contributed by atoms with van der Waals surface area (Å²) in [6, 6.07) is 4.70. The topological polar surface area (TPSA) is 93.7 Å². The van der Waals surface area contributed by atoms with Crippen LogP contribution in [0.5, 0.6) is 5.75 Å². The smallest absolute Gasteiger partial charge is 0.329 e. The number of esters is 1. The molecule has 1 aromatic rings. The number of aryl methyl sites for hydroxylation is 1. The van der Waals surface area contributed by atoms with Gasteiger partial charge in [-0.05, 0) is 38.0 Å². The van der Waals surface area contributed by atoms with Crippen molar-refractivity contribution in [1.29, 1.82) is 0 Å². The molecule has 2 N–H and O–H groups in total. The number of benzene rings is 1. The second-order valence-corrected chi connectivity index (χ2v) is 5.43. The van der Waals surface area contributed by atoms with E-state index in [2.05, 4.69) is 10.6 Å². The highest BCUT2D eigenvalue weighted by Crippen LogP contribution is 2.25. The van der Waals surface area contributed by atoms with E-state index in [1.165, 1.54) is 14.0 Å². The Morgan fingerprint density at radius 3 is 2.74 bits per heavy atom. The number of ether oxygens (including phenoxy) is 2. The summed E-state index contributed by atoms with van der Waals surface area (Å²) in [7, 11) is 1.51. The normalized spacial score (nSPS) is 18.0. The third-order valence-electron chi connectivity index (χ3n) is 3.55. The Morgan fingerprint density at radius 2 is 2.13 bits per heavy atom. The maximum atomic E-state index is 12.2. The van der Waals surface area contributed by atoms with Gasteiger partial charge in [0, 0.05) is 6.42 Å². The van der Waals surface area contributed by atoms with E-state index in [0.717, 1.165) is 5.56 Å². The number of rotatable bonds is 5. The molecular formula is C16H20N2O5. The van der Waals surface area contributed by atoms with Crippen molar-refractivity contribution in [2.45, 2.75) is 38.8 Å². The van der Waals surface area contributed by atoms with Gasteiger partial charge in [0.1, 0.15) is 11.8 Å². The Balaban J connectivity index is 1.96. The summed E-state index contributed by atoms with van der Waals surface area (Å²) < 4.78 is 10.3. The summed E-state index contributed by atoms with van der Waals surface area (Å²) in [6.07, 6.45) is -0.302. The molecule has 2 rings (SSSR count). The van der Waals surface area contributed by atoms with Gasteiger partial charge in [0.05, 0.1) is 12.8 Å². The molecule has 1 saturated heterocycles. The number of hydrogen-bond donors (Lipinski definition) is 2.